The monoisotopic (exact) mass is 570 g/mol. The number of ketones is 1. The molecule has 0 aliphatic carbocycles. The number of Topliss-reactive ketones (excluding diaryl/α,β-unsaturated/α-hetero) is 1. The van der Waals surface area contributed by atoms with Crippen molar-refractivity contribution in [2.75, 3.05) is 18.6 Å². The minimum atomic E-state index is -0.968. The molecule has 4 rings (SSSR count). The second-order valence-corrected chi connectivity index (χ2v) is 9.93. The van der Waals surface area contributed by atoms with Gasteiger partial charge in [-0.25, -0.2) is 9.78 Å². The third kappa shape index (κ3) is 4.54. The summed E-state index contributed by atoms with van der Waals surface area (Å²) in [4.78, 5) is 45.0. The number of benzene rings is 2. The van der Waals surface area contributed by atoms with Crippen LogP contribution in [0.1, 0.15) is 45.0 Å². The van der Waals surface area contributed by atoms with Crippen molar-refractivity contribution in [1.29, 1.82) is 0 Å². The molecule has 1 N–H and O–H groups in total. The topological polar surface area (TPSA) is 106 Å². The van der Waals surface area contributed by atoms with Crippen molar-refractivity contribution in [3.63, 3.8) is 0 Å². The number of thiazole rings is 1. The normalized spacial score (nSPS) is 16.9. The largest absolute Gasteiger partial charge is 0.507 e. The summed E-state index contributed by atoms with van der Waals surface area (Å²) in [5, 5.41) is 11.5. The molecule has 2 heterocycles. The summed E-state index contributed by atoms with van der Waals surface area (Å²) < 4.78 is 11.1. The number of rotatable bonds is 6. The molecule has 0 saturated carbocycles. The number of aliphatic hydroxyl groups is 1. The molecule has 1 fully saturated rings. The van der Waals surface area contributed by atoms with Crippen molar-refractivity contribution in [1.82, 2.24) is 4.98 Å². The third-order valence-electron chi connectivity index (χ3n) is 5.75. The van der Waals surface area contributed by atoms with E-state index in [0.717, 1.165) is 15.8 Å². The van der Waals surface area contributed by atoms with Gasteiger partial charge in [-0.1, -0.05) is 39.4 Å². The molecule has 36 heavy (non-hydrogen) atoms. The number of hydrogen-bond acceptors (Lipinski definition) is 8. The molecule has 0 spiro atoms. The fourth-order valence-electron chi connectivity index (χ4n) is 4.07. The van der Waals surface area contributed by atoms with Gasteiger partial charge in [-0.3, -0.25) is 14.5 Å². The smallest absolute Gasteiger partial charge is 0.350 e. The van der Waals surface area contributed by atoms with Crippen LogP contribution in [0.15, 0.2) is 52.5 Å². The lowest BCUT2D eigenvalue weighted by atomic mass is 9.94. The Morgan fingerprint density at radius 3 is 2.58 bits per heavy atom. The molecule has 1 aromatic heterocycles. The molecule has 0 radical (unpaired) electrons. The van der Waals surface area contributed by atoms with E-state index in [1.807, 2.05) is 6.07 Å². The molecule has 8 nitrogen and oxygen atoms in total. The molecule has 2 aromatic carbocycles. The van der Waals surface area contributed by atoms with Gasteiger partial charge in [0, 0.05) is 10.0 Å². The number of ether oxygens (including phenoxy) is 2. The van der Waals surface area contributed by atoms with Crippen LogP contribution < -0.4 is 9.64 Å². The lowest BCUT2D eigenvalue weighted by Gasteiger charge is -2.23. The van der Waals surface area contributed by atoms with Crippen molar-refractivity contribution in [3.05, 3.63) is 79.8 Å². The third-order valence-corrected chi connectivity index (χ3v) is 7.38. The first-order valence-electron chi connectivity index (χ1n) is 11.0. The number of aromatic nitrogens is 1. The molecular formula is C26H23BrN2O6S. The number of methoxy groups -OCH3 is 1. The van der Waals surface area contributed by atoms with Crippen LogP contribution in [0.25, 0.3) is 5.76 Å². The Morgan fingerprint density at radius 1 is 1.19 bits per heavy atom. The zero-order chi connectivity index (χ0) is 26.1. The predicted octanol–water partition coefficient (Wildman–Crippen LogP) is 5.33. The summed E-state index contributed by atoms with van der Waals surface area (Å²) in [7, 11) is 1.54. The molecule has 1 amide bonds. The second kappa shape index (κ2) is 10.2. The van der Waals surface area contributed by atoms with Crippen LogP contribution in [0.2, 0.25) is 0 Å². The molecule has 10 heteroatoms. The highest BCUT2D eigenvalue weighted by atomic mass is 79.9. The quantitative estimate of drug-likeness (QED) is 0.184. The number of carbonyl (C=O) groups is 3. The standard InChI is InChI=1S/C26H23BrN2O6S/c1-5-35-25(33)23-14(3)28-26(36-23)29-20(15-7-6-8-16(27)12-15)19(22(31)24(29)32)21(30)18-10-9-17(34-4)11-13(18)2/h6-12,20,30H,5H2,1-4H3. The van der Waals surface area contributed by atoms with Crippen LogP contribution in [0, 0.1) is 13.8 Å². The van der Waals surface area contributed by atoms with Crippen LogP contribution in [0.3, 0.4) is 0 Å². The minimum Gasteiger partial charge on any atom is -0.507 e. The summed E-state index contributed by atoms with van der Waals surface area (Å²) >= 11 is 4.41. The summed E-state index contributed by atoms with van der Waals surface area (Å²) in [5.74, 6) is -1.96. The Bertz CT molecular complexity index is 1410. The Labute approximate surface area is 220 Å². The van der Waals surface area contributed by atoms with Gasteiger partial charge in [0.25, 0.3) is 5.78 Å². The number of hydrogen-bond donors (Lipinski definition) is 1. The number of anilines is 1. The van der Waals surface area contributed by atoms with Crippen LogP contribution in [0.5, 0.6) is 5.75 Å². The lowest BCUT2D eigenvalue weighted by Crippen LogP contribution is -2.29. The van der Waals surface area contributed by atoms with Gasteiger partial charge in [-0.05, 0) is 62.2 Å². The maximum Gasteiger partial charge on any atom is 0.350 e. The van der Waals surface area contributed by atoms with Crippen LogP contribution in [-0.4, -0.2) is 41.5 Å². The van der Waals surface area contributed by atoms with E-state index in [1.54, 1.807) is 57.2 Å². The Hall–Kier alpha value is -3.50. The Balaban J connectivity index is 1.93. The maximum atomic E-state index is 13.4. The van der Waals surface area contributed by atoms with Crippen LogP contribution in [0.4, 0.5) is 5.13 Å². The summed E-state index contributed by atoms with van der Waals surface area (Å²) in [5.41, 5.74) is 1.96. The van der Waals surface area contributed by atoms with Gasteiger partial charge in [-0.15, -0.1) is 0 Å². The highest BCUT2D eigenvalue weighted by Crippen LogP contribution is 2.44. The zero-order valence-corrected chi connectivity index (χ0v) is 22.4. The van der Waals surface area contributed by atoms with Gasteiger partial charge in [0.1, 0.15) is 16.4 Å². The first-order valence-corrected chi connectivity index (χ1v) is 12.6. The van der Waals surface area contributed by atoms with E-state index >= 15 is 0 Å². The summed E-state index contributed by atoms with van der Waals surface area (Å²) in [6.07, 6.45) is 0. The zero-order valence-electron chi connectivity index (χ0n) is 20.0. The predicted molar refractivity (Wildman–Crippen MR) is 139 cm³/mol. The lowest BCUT2D eigenvalue weighted by molar-refractivity contribution is -0.132. The van der Waals surface area contributed by atoms with E-state index in [-0.39, 0.29) is 27.9 Å². The van der Waals surface area contributed by atoms with Crippen molar-refractivity contribution in [2.45, 2.75) is 26.8 Å². The summed E-state index contributed by atoms with van der Waals surface area (Å²) in [6.45, 7) is 5.30. The fourth-order valence-corrected chi connectivity index (χ4v) is 5.47. The van der Waals surface area contributed by atoms with Crippen LogP contribution >= 0.6 is 27.3 Å². The molecule has 1 aliphatic heterocycles. The number of nitrogens with zero attached hydrogens (tertiary/aromatic N) is 2. The SMILES string of the molecule is CCOC(=O)c1sc(N2C(=O)C(=O)C(=C(O)c3ccc(OC)cc3C)C2c2cccc(Br)c2)nc1C. The van der Waals surface area contributed by atoms with Crippen molar-refractivity contribution in [2.24, 2.45) is 0 Å². The molecule has 0 bridgehead atoms. The van der Waals surface area contributed by atoms with Gasteiger partial charge in [0.2, 0.25) is 0 Å². The van der Waals surface area contributed by atoms with E-state index in [9.17, 15) is 19.5 Å². The van der Waals surface area contributed by atoms with E-state index in [4.69, 9.17) is 9.47 Å². The number of aliphatic hydroxyl groups excluding tert-OH is 1. The molecule has 1 unspecified atom stereocenters. The Kier molecular flexibility index (Phi) is 7.28. The van der Waals surface area contributed by atoms with E-state index in [0.29, 0.717) is 28.1 Å². The first-order chi connectivity index (χ1) is 17.2. The minimum absolute atomic E-state index is 0.0723. The fraction of sp³-hybridized carbons (Fsp3) is 0.231. The molecule has 1 atom stereocenters. The number of carbonyl (C=O) groups excluding carboxylic acids is 3. The van der Waals surface area contributed by atoms with Crippen LogP contribution in [-0.2, 0) is 14.3 Å². The average Bonchev–Trinajstić information content (AvgIpc) is 3.35. The molecular weight excluding hydrogens is 548 g/mol. The maximum absolute atomic E-state index is 13.4. The van der Waals surface area contributed by atoms with Gasteiger partial charge in [0.05, 0.1) is 31.0 Å². The number of aryl methyl sites for hydroxylation is 2. The number of esters is 1. The molecule has 1 aliphatic rings. The van der Waals surface area contributed by atoms with Gasteiger partial charge in [0.15, 0.2) is 5.13 Å². The van der Waals surface area contributed by atoms with E-state index < -0.39 is 23.7 Å². The summed E-state index contributed by atoms with van der Waals surface area (Å²) in [6, 6.07) is 11.2. The van der Waals surface area contributed by atoms with Gasteiger partial charge >= 0.3 is 11.9 Å². The van der Waals surface area contributed by atoms with E-state index in [2.05, 4.69) is 20.9 Å². The highest BCUT2D eigenvalue weighted by molar-refractivity contribution is 9.10. The van der Waals surface area contributed by atoms with Gasteiger partial charge < -0.3 is 14.6 Å². The average molecular weight is 571 g/mol. The van der Waals surface area contributed by atoms with Crippen molar-refractivity contribution < 1.29 is 29.0 Å². The van der Waals surface area contributed by atoms with Crippen molar-refractivity contribution >= 4 is 55.8 Å². The first kappa shape index (κ1) is 25.6. The second-order valence-electron chi connectivity index (χ2n) is 8.04. The van der Waals surface area contributed by atoms with Gasteiger partial charge in [-0.2, -0.15) is 0 Å². The number of halogens is 1. The van der Waals surface area contributed by atoms with Crippen molar-refractivity contribution in [3.8, 4) is 5.75 Å². The highest BCUT2D eigenvalue weighted by Gasteiger charge is 2.48. The molecule has 3 aromatic rings. The molecule has 1 saturated heterocycles. The number of amides is 1. The van der Waals surface area contributed by atoms with E-state index in [1.165, 1.54) is 12.0 Å². The Morgan fingerprint density at radius 2 is 1.94 bits per heavy atom. The molecule has 186 valence electrons.